The maximum atomic E-state index is 13.1. The molecule has 0 bridgehead atoms. The molecule has 0 unspecified atom stereocenters. The monoisotopic (exact) mass is 471 g/mol. The molecule has 2 aromatic rings. The van der Waals surface area contributed by atoms with Gasteiger partial charge in [-0.05, 0) is 43.3 Å². The highest BCUT2D eigenvalue weighted by Gasteiger charge is 2.26. The number of hydrogen-bond acceptors (Lipinski definition) is 7. The molecule has 0 aromatic heterocycles. The fraction of sp³-hybridized carbons (Fsp3) is 0.391. The van der Waals surface area contributed by atoms with Gasteiger partial charge in [0.2, 0.25) is 5.91 Å². The molecule has 1 fully saturated rings. The SMILES string of the molecule is CCOc1ccc(N(CCC#N)C(=O)CN2CCN(c3ccc(Cl)cc3[N+](=O)[O-])CC2)cc1. The molecule has 174 valence electrons. The fourth-order valence-electron chi connectivity index (χ4n) is 3.78. The van der Waals surface area contributed by atoms with Crippen LogP contribution in [0.3, 0.4) is 0 Å². The van der Waals surface area contributed by atoms with Gasteiger partial charge in [0.05, 0.1) is 30.6 Å². The zero-order valence-electron chi connectivity index (χ0n) is 18.4. The number of nitrogens with zero attached hydrogens (tertiary/aromatic N) is 5. The van der Waals surface area contributed by atoms with Crippen LogP contribution in [0.25, 0.3) is 0 Å². The topological polar surface area (TPSA) is 103 Å². The van der Waals surface area contributed by atoms with Crippen LogP contribution >= 0.6 is 11.6 Å². The van der Waals surface area contributed by atoms with Crippen molar-refractivity contribution in [1.82, 2.24) is 4.90 Å². The molecular formula is C23H26ClN5O4. The number of nitro benzene ring substituents is 1. The van der Waals surface area contributed by atoms with Crippen molar-refractivity contribution in [1.29, 1.82) is 5.26 Å². The van der Waals surface area contributed by atoms with E-state index in [2.05, 4.69) is 6.07 Å². The summed E-state index contributed by atoms with van der Waals surface area (Å²) in [6, 6.07) is 14.0. The molecule has 3 rings (SSSR count). The van der Waals surface area contributed by atoms with Crippen molar-refractivity contribution in [3.05, 3.63) is 57.6 Å². The van der Waals surface area contributed by atoms with E-state index in [9.17, 15) is 14.9 Å². The molecule has 0 aliphatic carbocycles. The smallest absolute Gasteiger partial charge is 0.294 e. The number of benzene rings is 2. The van der Waals surface area contributed by atoms with Crippen LogP contribution in [0.2, 0.25) is 5.02 Å². The number of carbonyl (C=O) groups is 1. The largest absolute Gasteiger partial charge is 0.494 e. The molecule has 10 heteroatoms. The Kier molecular flexibility index (Phi) is 8.46. The lowest BCUT2D eigenvalue weighted by Crippen LogP contribution is -2.50. The molecular weight excluding hydrogens is 446 g/mol. The summed E-state index contributed by atoms with van der Waals surface area (Å²) in [5.74, 6) is 0.627. The first kappa shape index (κ1) is 24.3. The summed E-state index contributed by atoms with van der Waals surface area (Å²) < 4.78 is 5.46. The maximum Gasteiger partial charge on any atom is 0.294 e. The lowest BCUT2D eigenvalue weighted by Gasteiger charge is -2.36. The molecule has 1 amide bonds. The maximum absolute atomic E-state index is 13.1. The minimum atomic E-state index is -0.430. The standard InChI is InChI=1S/C23H26ClN5O4/c1-2-33-20-7-5-19(6-8-20)28(11-3-10-25)23(30)17-26-12-14-27(15-13-26)21-9-4-18(24)16-22(21)29(31)32/h4-9,16H,2-3,11-15,17H2,1H3. The van der Waals surface area contributed by atoms with Gasteiger partial charge in [-0.3, -0.25) is 19.8 Å². The Bertz CT molecular complexity index is 1020. The average Bonchev–Trinajstić information content (AvgIpc) is 2.81. The third-order valence-electron chi connectivity index (χ3n) is 5.41. The second-order valence-electron chi connectivity index (χ2n) is 7.53. The fourth-order valence-corrected chi connectivity index (χ4v) is 3.95. The van der Waals surface area contributed by atoms with Gasteiger partial charge in [-0.2, -0.15) is 5.26 Å². The van der Waals surface area contributed by atoms with Crippen LogP contribution in [-0.4, -0.2) is 61.6 Å². The first-order chi connectivity index (χ1) is 15.9. The molecule has 1 heterocycles. The Balaban J connectivity index is 1.64. The predicted molar refractivity (Wildman–Crippen MR) is 127 cm³/mol. The second kappa shape index (κ2) is 11.5. The highest BCUT2D eigenvalue weighted by molar-refractivity contribution is 6.30. The molecule has 1 aliphatic rings. The number of piperazine rings is 1. The summed E-state index contributed by atoms with van der Waals surface area (Å²) in [5.41, 5.74) is 1.22. The van der Waals surface area contributed by atoms with E-state index in [1.807, 2.05) is 41.0 Å². The number of rotatable bonds is 9. The van der Waals surface area contributed by atoms with E-state index >= 15 is 0 Å². The minimum absolute atomic E-state index is 0.0230. The van der Waals surface area contributed by atoms with E-state index in [4.69, 9.17) is 21.6 Å². The van der Waals surface area contributed by atoms with Crippen molar-refractivity contribution in [3.8, 4) is 11.8 Å². The van der Waals surface area contributed by atoms with Gasteiger partial charge >= 0.3 is 0 Å². The number of amides is 1. The van der Waals surface area contributed by atoms with E-state index in [1.54, 1.807) is 17.0 Å². The highest BCUT2D eigenvalue weighted by atomic mass is 35.5. The molecule has 2 aromatic carbocycles. The second-order valence-corrected chi connectivity index (χ2v) is 7.97. The van der Waals surface area contributed by atoms with Gasteiger partial charge in [0, 0.05) is 49.5 Å². The first-order valence-corrected chi connectivity index (χ1v) is 11.1. The summed E-state index contributed by atoms with van der Waals surface area (Å²) in [4.78, 5) is 29.6. The molecule has 9 nitrogen and oxygen atoms in total. The van der Waals surface area contributed by atoms with E-state index in [1.165, 1.54) is 6.07 Å². The number of anilines is 2. The van der Waals surface area contributed by atoms with Gasteiger partial charge in [0.25, 0.3) is 5.69 Å². The van der Waals surface area contributed by atoms with Gasteiger partial charge in [0.15, 0.2) is 0 Å². The number of hydrogen-bond donors (Lipinski definition) is 0. The van der Waals surface area contributed by atoms with Crippen LogP contribution in [0, 0.1) is 21.4 Å². The van der Waals surface area contributed by atoms with Gasteiger partial charge in [0.1, 0.15) is 11.4 Å². The summed E-state index contributed by atoms with van der Waals surface area (Å²) in [6.07, 6.45) is 0.229. The van der Waals surface area contributed by atoms with Crippen LogP contribution in [0.4, 0.5) is 17.1 Å². The lowest BCUT2D eigenvalue weighted by atomic mass is 10.2. The Hall–Kier alpha value is -3.35. The van der Waals surface area contributed by atoms with Crippen LogP contribution in [0.1, 0.15) is 13.3 Å². The molecule has 0 N–H and O–H groups in total. The Morgan fingerprint density at radius 1 is 1.21 bits per heavy atom. The van der Waals surface area contributed by atoms with E-state index in [0.717, 1.165) is 5.75 Å². The van der Waals surface area contributed by atoms with Gasteiger partial charge in [-0.15, -0.1) is 0 Å². The molecule has 0 radical (unpaired) electrons. The van der Waals surface area contributed by atoms with Gasteiger partial charge in [-0.25, -0.2) is 0 Å². The minimum Gasteiger partial charge on any atom is -0.494 e. The summed E-state index contributed by atoms with van der Waals surface area (Å²) in [7, 11) is 0. The van der Waals surface area contributed by atoms with E-state index in [0.29, 0.717) is 55.7 Å². The quantitative estimate of drug-likeness (QED) is 0.405. The summed E-state index contributed by atoms with van der Waals surface area (Å²) >= 11 is 5.92. The van der Waals surface area contributed by atoms with E-state index in [-0.39, 0.29) is 24.6 Å². The Labute approximate surface area is 197 Å². The average molecular weight is 472 g/mol. The van der Waals surface area contributed by atoms with E-state index < -0.39 is 4.92 Å². The van der Waals surface area contributed by atoms with Crippen LogP contribution in [-0.2, 0) is 4.79 Å². The summed E-state index contributed by atoms with van der Waals surface area (Å²) in [5, 5.41) is 20.7. The Morgan fingerprint density at radius 2 is 1.91 bits per heavy atom. The van der Waals surface area contributed by atoms with Crippen LogP contribution < -0.4 is 14.5 Å². The van der Waals surface area contributed by atoms with Gasteiger partial charge in [-0.1, -0.05) is 11.6 Å². The Morgan fingerprint density at radius 3 is 2.52 bits per heavy atom. The van der Waals surface area contributed by atoms with Crippen molar-refractivity contribution in [2.45, 2.75) is 13.3 Å². The summed E-state index contributed by atoms with van der Waals surface area (Å²) in [6.45, 7) is 5.24. The third-order valence-corrected chi connectivity index (χ3v) is 5.65. The lowest BCUT2D eigenvalue weighted by molar-refractivity contribution is -0.384. The molecule has 0 atom stereocenters. The van der Waals surface area contributed by atoms with Crippen LogP contribution in [0.15, 0.2) is 42.5 Å². The van der Waals surface area contributed by atoms with Crippen molar-refractivity contribution in [3.63, 3.8) is 0 Å². The number of ether oxygens (including phenoxy) is 1. The molecule has 1 saturated heterocycles. The number of halogens is 1. The number of nitriles is 1. The third kappa shape index (κ3) is 6.34. The van der Waals surface area contributed by atoms with Crippen molar-refractivity contribution >= 4 is 34.6 Å². The normalized spacial score (nSPS) is 13.9. The first-order valence-electron chi connectivity index (χ1n) is 10.7. The molecule has 0 spiro atoms. The van der Waals surface area contributed by atoms with Crippen molar-refractivity contribution < 1.29 is 14.5 Å². The highest BCUT2D eigenvalue weighted by Crippen LogP contribution is 2.31. The van der Waals surface area contributed by atoms with Crippen molar-refractivity contribution in [2.75, 3.05) is 55.7 Å². The zero-order valence-corrected chi connectivity index (χ0v) is 19.2. The molecule has 1 aliphatic heterocycles. The zero-order chi connectivity index (χ0) is 23.8. The van der Waals surface area contributed by atoms with Crippen molar-refractivity contribution in [2.24, 2.45) is 0 Å². The van der Waals surface area contributed by atoms with Crippen LogP contribution in [0.5, 0.6) is 5.75 Å². The van der Waals surface area contributed by atoms with Gasteiger partial charge < -0.3 is 14.5 Å². The number of carbonyl (C=O) groups excluding carboxylic acids is 1. The number of nitro groups is 1. The predicted octanol–water partition coefficient (Wildman–Crippen LogP) is 3.72. The molecule has 33 heavy (non-hydrogen) atoms. The molecule has 0 saturated carbocycles.